The number of rotatable bonds is 3. The van der Waals surface area contributed by atoms with E-state index in [9.17, 15) is 4.79 Å². The summed E-state index contributed by atoms with van der Waals surface area (Å²) in [6.07, 6.45) is 2.41. The van der Waals surface area contributed by atoms with Gasteiger partial charge in [0.05, 0.1) is 23.5 Å². The first-order chi connectivity index (χ1) is 13.7. The zero-order chi connectivity index (χ0) is 19.1. The van der Waals surface area contributed by atoms with E-state index in [4.69, 9.17) is 10.00 Å². The Kier molecular flexibility index (Phi) is 3.72. The van der Waals surface area contributed by atoms with E-state index in [1.807, 2.05) is 18.2 Å². The van der Waals surface area contributed by atoms with E-state index in [2.05, 4.69) is 26.6 Å². The molecule has 2 aromatic heterocycles. The summed E-state index contributed by atoms with van der Waals surface area (Å²) in [6, 6.07) is 12.6. The summed E-state index contributed by atoms with van der Waals surface area (Å²) in [5, 5.41) is 19.2. The maximum atomic E-state index is 12.9. The summed E-state index contributed by atoms with van der Waals surface area (Å²) >= 11 is 0. The number of nitrogens with one attached hydrogen (secondary N) is 2. The molecule has 1 aromatic carbocycles. The van der Waals surface area contributed by atoms with Crippen LogP contribution in [0.2, 0.25) is 0 Å². The molecule has 2 aliphatic heterocycles. The molecule has 2 N–H and O–H groups in total. The van der Waals surface area contributed by atoms with Gasteiger partial charge in [0.15, 0.2) is 0 Å². The molecule has 3 aromatic rings. The zero-order valence-electron chi connectivity index (χ0n) is 14.8. The van der Waals surface area contributed by atoms with Crippen LogP contribution < -0.4 is 15.0 Å². The van der Waals surface area contributed by atoms with Crippen LogP contribution in [0.15, 0.2) is 42.6 Å². The molecule has 0 bridgehead atoms. The number of carbonyl (C=O) groups excluding carboxylic acids is 1. The third-order valence-electron chi connectivity index (χ3n) is 5.02. The molecule has 1 fully saturated rings. The van der Waals surface area contributed by atoms with Crippen molar-refractivity contribution in [2.75, 3.05) is 16.8 Å². The molecule has 1 saturated heterocycles. The normalized spacial score (nSPS) is 17.5. The zero-order valence-corrected chi connectivity index (χ0v) is 14.8. The number of nitriles is 1. The Morgan fingerprint density at radius 3 is 3.11 bits per heavy atom. The second kappa shape index (κ2) is 6.39. The second-order valence-electron chi connectivity index (χ2n) is 6.74. The molecule has 5 rings (SSSR count). The number of carbonyl (C=O) groups is 1. The first kappa shape index (κ1) is 16.3. The fourth-order valence-corrected chi connectivity index (χ4v) is 3.61. The van der Waals surface area contributed by atoms with Gasteiger partial charge in [-0.1, -0.05) is 6.07 Å². The molecule has 0 spiro atoms. The number of amides is 1. The molecule has 1 unspecified atom stereocenters. The van der Waals surface area contributed by atoms with E-state index >= 15 is 0 Å². The van der Waals surface area contributed by atoms with Crippen molar-refractivity contribution in [1.29, 1.82) is 5.26 Å². The molecule has 1 atom stereocenters. The van der Waals surface area contributed by atoms with Crippen molar-refractivity contribution in [3.63, 3.8) is 0 Å². The minimum Gasteiger partial charge on any atom is -0.471 e. The van der Waals surface area contributed by atoms with Crippen LogP contribution in [0.25, 0.3) is 11.1 Å². The van der Waals surface area contributed by atoms with Crippen molar-refractivity contribution in [2.45, 2.75) is 19.1 Å². The van der Waals surface area contributed by atoms with Gasteiger partial charge < -0.3 is 10.1 Å². The van der Waals surface area contributed by atoms with E-state index in [0.29, 0.717) is 36.8 Å². The molecule has 0 saturated carbocycles. The molecule has 8 heteroatoms. The minimum atomic E-state index is -0.354. The third kappa shape index (κ3) is 2.65. The molecule has 0 radical (unpaired) electrons. The van der Waals surface area contributed by atoms with Crippen LogP contribution >= 0.6 is 0 Å². The quantitative estimate of drug-likeness (QED) is 0.731. The average Bonchev–Trinajstić information content (AvgIpc) is 3.35. The van der Waals surface area contributed by atoms with Crippen molar-refractivity contribution in [2.24, 2.45) is 0 Å². The van der Waals surface area contributed by atoms with Crippen LogP contribution in [0.3, 0.4) is 0 Å². The summed E-state index contributed by atoms with van der Waals surface area (Å²) in [5.41, 5.74) is 4.08. The van der Waals surface area contributed by atoms with E-state index in [-0.39, 0.29) is 11.9 Å². The van der Waals surface area contributed by atoms with Crippen LogP contribution in [0, 0.1) is 11.3 Å². The number of hydrogen-bond donors (Lipinski definition) is 2. The number of hydrogen-bond acceptors (Lipinski definition) is 6. The number of anilines is 2. The van der Waals surface area contributed by atoms with E-state index in [1.54, 1.807) is 29.3 Å². The van der Waals surface area contributed by atoms with Crippen molar-refractivity contribution >= 4 is 17.4 Å². The van der Waals surface area contributed by atoms with Crippen molar-refractivity contribution in [3.05, 3.63) is 53.9 Å². The van der Waals surface area contributed by atoms with Gasteiger partial charge in [0.2, 0.25) is 5.88 Å². The maximum absolute atomic E-state index is 12.9. The summed E-state index contributed by atoms with van der Waals surface area (Å²) in [6.45, 7) is 0.948. The van der Waals surface area contributed by atoms with Crippen LogP contribution in [-0.2, 0) is 11.4 Å². The van der Waals surface area contributed by atoms with E-state index < -0.39 is 0 Å². The number of benzene rings is 1. The summed E-state index contributed by atoms with van der Waals surface area (Å²) < 4.78 is 5.73. The predicted molar refractivity (Wildman–Crippen MR) is 102 cm³/mol. The summed E-state index contributed by atoms with van der Waals surface area (Å²) in [7, 11) is 0. The number of H-pyrrole nitrogens is 1. The highest BCUT2D eigenvalue weighted by atomic mass is 16.5. The molecule has 8 nitrogen and oxygen atoms in total. The van der Waals surface area contributed by atoms with Gasteiger partial charge in [-0.3, -0.25) is 14.8 Å². The number of fused-ring (bicyclic) bond motifs is 3. The lowest BCUT2D eigenvalue weighted by atomic mass is 10.1. The largest absolute Gasteiger partial charge is 0.471 e. The highest BCUT2D eigenvalue weighted by Gasteiger charge is 2.34. The Labute approximate surface area is 160 Å². The summed E-state index contributed by atoms with van der Waals surface area (Å²) in [4.78, 5) is 19.1. The monoisotopic (exact) mass is 372 g/mol. The molecule has 4 heterocycles. The summed E-state index contributed by atoms with van der Waals surface area (Å²) in [5.74, 6) is 1.04. The van der Waals surface area contributed by atoms with Crippen molar-refractivity contribution in [3.8, 4) is 23.1 Å². The molecular weight excluding hydrogens is 356 g/mol. The minimum absolute atomic E-state index is 0.0466. The molecular formula is C20H16N6O2. The Morgan fingerprint density at radius 2 is 2.21 bits per heavy atom. The maximum Gasteiger partial charge on any atom is 0.250 e. The van der Waals surface area contributed by atoms with Gasteiger partial charge >= 0.3 is 0 Å². The van der Waals surface area contributed by atoms with Crippen LogP contribution in [0.5, 0.6) is 5.88 Å². The van der Waals surface area contributed by atoms with Crippen LogP contribution in [-0.4, -0.2) is 33.7 Å². The highest BCUT2D eigenvalue weighted by molar-refractivity contribution is 6.00. The van der Waals surface area contributed by atoms with Gasteiger partial charge in [-0.15, -0.1) is 0 Å². The number of nitrogens with zero attached hydrogens (tertiary/aromatic N) is 4. The van der Waals surface area contributed by atoms with Gasteiger partial charge in [0.1, 0.15) is 18.5 Å². The molecule has 28 heavy (non-hydrogen) atoms. The fourth-order valence-electron chi connectivity index (χ4n) is 3.61. The Morgan fingerprint density at radius 1 is 1.29 bits per heavy atom. The number of ether oxygens (including phenoxy) is 1. The third-order valence-corrected chi connectivity index (χ3v) is 5.02. The SMILES string of the molecule is N#Cc1cccc(NC2CCN(c3ccc4c(n3)OCc3[nH]ncc3-4)C2=O)c1. The average molecular weight is 372 g/mol. The van der Waals surface area contributed by atoms with Gasteiger partial charge in [-0.05, 0) is 36.8 Å². The number of aromatic amines is 1. The molecule has 0 aliphatic carbocycles. The lowest BCUT2D eigenvalue weighted by molar-refractivity contribution is -0.117. The lowest BCUT2D eigenvalue weighted by Gasteiger charge is -2.21. The first-order valence-electron chi connectivity index (χ1n) is 8.97. The standard InChI is InChI=1S/C20H16N6O2/c21-9-12-2-1-3-13(8-12)23-16-6-7-26(20(16)27)18-5-4-14-15-10-22-25-17(15)11-28-19(14)24-18/h1-5,8,10,16,23H,6-7,11H2,(H,22,25). The van der Waals surface area contributed by atoms with Gasteiger partial charge in [0, 0.05) is 23.4 Å². The first-order valence-corrected chi connectivity index (χ1v) is 8.97. The highest BCUT2D eigenvalue weighted by Crippen LogP contribution is 2.37. The van der Waals surface area contributed by atoms with Gasteiger partial charge in [-0.2, -0.15) is 15.3 Å². The smallest absolute Gasteiger partial charge is 0.250 e. The van der Waals surface area contributed by atoms with Crippen molar-refractivity contribution < 1.29 is 9.53 Å². The lowest BCUT2D eigenvalue weighted by Crippen LogP contribution is -2.34. The molecule has 138 valence electrons. The Bertz CT molecular complexity index is 1120. The van der Waals surface area contributed by atoms with E-state index in [0.717, 1.165) is 22.5 Å². The second-order valence-corrected chi connectivity index (χ2v) is 6.74. The fraction of sp³-hybridized carbons (Fsp3) is 0.200. The number of aromatic nitrogens is 3. The van der Waals surface area contributed by atoms with Crippen LogP contribution in [0.4, 0.5) is 11.5 Å². The van der Waals surface area contributed by atoms with Gasteiger partial charge in [0.25, 0.3) is 5.91 Å². The van der Waals surface area contributed by atoms with Gasteiger partial charge in [-0.25, -0.2) is 0 Å². The Balaban J connectivity index is 1.37. The topological polar surface area (TPSA) is 107 Å². The van der Waals surface area contributed by atoms with E-state index in [1.165, 1.54) is 0 Å². The molecule has 1 amide bonds. The number of pyridine rings is 1. The van der Waals surface area contributed by atoms with Crippen molar-refractivity contribution in [1.82, 2.24) is 15.2 Å². The molecule has 2 aliphatic rings. The Hall–Kier alpha value is -3.86. The van der Waals surface area contributed by atoms with Crippen LogP contribution in [0.1, 0.15) is 17.7 Å². The predicted octanol–water partition coefficient (Wildman–Crippen LogP) is 2.45.